The van der Waals surface area contributed by atoms with Crippen molar-refractivity contribution in [2.45, 2.75) is 42.3 Å². The SMILES string of the molecule is CCOc1ncccc1C1(NC(=O)OC2CN(C3CC3)C2)C(=O)N(S(=O)(=O)c2ccc(OC)cc2)c2ccc(OC)cc21. The van der Waals surface area contributed by atoms with Crippen LogP contribution in [0.15, 0.2) is 65.7 Å². The van der Waals surface area contributed by atoms with Crippen LogP contribution in [-0.4, -0.2) is 76.4 Å². The Balaban J connectivity index is 1.48. The van der Waals surface area contributed by atoms with E-state index in [1.807, 2.05) is 0 Å². The first-order valence-electron chi connectivity index (χ1n) is 14.0. The highest BCUT2D eigenvalue weighted by Crippen LogP contribution is 2.50. The lowest BCUT2D eigenvalue weighted by atomic mass is 9.84. The maximum Gasteiger partial charge on any atom is 0.408 e. The smallest absolute Gasteiger partial charge is 0.408 e. The maximum absolute atomic E-state index is 14.8. The first-order valence-corrected chi connectivity index (χ1v) is 15.4. The molecule has 226 valence electrons. The number of benzene rings is 2. The Kier molecular flexibility index (Phi) is 7.38. The molecular formula is C30H32N4O8S. The third-order valence-corrected chi connectivity index (χ3v) is 9.60. The van der Waals surface area contributed by atoms with Crippen molar-refractivity contribution >= 4 is 27.7 Å². The van der Waals surface area contributed by atoms with E-state index in [0.29, 0.717) is 34.9 Å². The normalized spacial score (nSPS) is 20.3. The van der Waals surface area contributed by atoms with Crippen molar-refractivity contribution in [2.75, 3.05) is 38.2 Å². The van der Waals surface area contributed by atoms with Crippen LogP contribution in [0.4, 0.5) is 10.5 Å². The van der Waals surface area contributed by atoms with Gasteiger partial charge in [0.25, 0.3) is 15.9 Å². The number of pyridine rings is 1. The first-order chi connectivity index (χ1) is 20.7. The molecular weight excluding hydrogens is 576 g/mol. The zero-order valence-electron chi connectivity index (χ0n) is 24.0. The Morgan fingerprint density at radius 1 is 1.02 bits per heavy atom. The van der Waals surface area contributed by atoms with Crippen LogP contribution >= 0.6 is 0 Å². The third-order valence-electron chi connectivity index (χ3n) is 7.89. The van der Waals surface area contributed by atoms with E-state index in [0.717, 1.165) is 12.8 Å². The van der Waals surface area contributed by atoms with Crippen LogP contribution < -0.4 is 23.8 Å². The number of nitrogens with zero attached hydrogens (tertiary/aromatic N) is 3. The van der Waals surface area contributed by atoms with Crippen LogP contribution in [0.25, 0.3) is 0 Å². The van der Waals surface area contributed by atoms with E-state index in [1.54, 1.807) is 25.1 Å². The van der Waals surface area contributed by atoms with Gasteiger partial charge >= 0.3 is 6.09 Å². The number of likely N-dealkylation sites (tertiary alicyclic amines) is 1. The zero-order chi connectivity index (χ0) is 30.4. The molecule has 1 aliphatic carbocycles. The quantitative estimate of drug-likeness (QED) is 0.366. The van der Waals surface area contributed by atoms with E-state index < -0.39 is 27.6 Å². The summed E-state index contributed by atoms with van der Waals surface area (Å²) in [4.78, 5) is 34.7. The maximum atomic E-state index is 14.8. The van der Waals surface area contributed by atoms with Crippen molar-refractivity contribution in [3.8, 4) is 17.4 Å². The largest absolute Gasteiger partial charge is 0.497 e. The molecule has 2 fully saturated rings. The molecule has 0 radical (unpaired) electrons. The van der Waals surface area contributed by atoms with Crippen LogP contribution in [0.1, 0.15) is 30.9 Å². The minimum atomic E-state index is -4.48. The topological polar surface area (TPSA) is 137 Å². The molecule has 3 aliphatic rings. The molecule has 13 heteroatoms. The van der Waals surface area contributed by atoms with Crippen LogP contribution in [0.5, 0.6) is 17.4 Å². The molecule has 3 aromatic rings. The van der Waals surface area contributed by atoms with Crippen molar-refractivity contribution in [2.24, 2.45) is 0 Å². The molecule has 0 spiro atoms. The Morgan fingerprint density at radius 2 is 1.72 bits per heavy atom. The summed E-state index contributed by atoms with van der Waals surface area (Å²) < 4.78 is 51.2. The summed E-state index contributed by atoms with van der Waals surface area (Å²) in [7, 11) is -1.57. The van der Waals surface area contributed by atoms with Gasteiger partial charge in [0.1, 0.15) is 17.6 Å². The summed E-state index contributed by atoms with van der Waals surface area (Å²) in [5.41, 5.74) is -1.74. The Hall–Kier alpha value is -4.36. The Morgan fingerprint density at radius 3 is 2.37 bits per heavy atom. The number of sulfonamides is 1. The number of amides is 2. The van der Waals surface area contributed by atoms with E-state index in [2.05, 4.69) is 15.2 Å². The number of ether oxygens (including phenoxy) is 4. The second-order valence-corrected chi connectivity index (χ2v) is 12.3. The lowest BCUT2D eigenvalue weighted by Crippen LogP contribution is -2.58. The number of carbonyl (C=O) groups excluding carboxylic acids is 2. The molecule has 0 bridgehead atoms. The minimum absolute atomic E-state index is 0.0387. The van der Waals surface area contributed by atoms with Crippen LogP contribution in [0, 0.1) is 0 Å². The van der Waals surface area contributed by atoms with Gasteiger partial charge in [-0.1, -0.05) is 0 Å². The summed E-state index contributed by atoms with van der Waals surface area (Å²) in [6.45, 7) is 3.15. The van der Waals surface area contributed by atoms with Crippen LogP contribution in [0.3, 0.4) is 0 Å². The summed E-state index contributed by atoms with van der Waals surface area (Å²) in [5, 5.41) is 2.76. The van der Waals surface area contributed by atoms with Gasteiger partial charge in [0.05, 0.1) is 37.0 Å². The molecule has 3 heterocycles. The molecule has 1 saturated heterocycles. The lowest BCUT2D eigenvalue weighted by Gasteiger charge is -2.39. The monoisotopic (exact) mass is 608 g/mol. The van der Waals surface area contributed by atoms with E-state index in [4.69, 9.17) is 18.9 Å². The molecule has 1 aromatic heterocycles. The summed E-state index contributed by atoms with van der Waals surface area (Å²) in [6, 6.07) is 13.9. The predicted octanol–water partition coefficient (Wildman–Crippen LogP) is 3.05. The first kappa shape index (κ1) is 28.7. The van der Waals surface area contributed by atoms with Crippen molar-refractivity contribution in [3.63, 3.8) is 0 Å². The molecule has 1 N–H and O–H groups in total. The van der Waals surface area contributed by atoms with Gasteiger partial charge in [-0.25, -0.2) is 18.2 Å². The zero-order valence-corrected chi connectivity index (χ0v) is 24.8. The van der Waals surface area contributed by atoms with Crippen molar-refractivity contribution in [1.82, 2.24) is 15.2 Å². The van der Waals surface area contributed by atoms with Gasteiger partial charge in [-0.15, -0.1) is 0 Å². The Bertz CT molecular complexity index is 1650. The van der Waals surface area contributed by atoms with Crippen molar-refractivity contribution in [3.05, 3.63) is 71.9 Å². The van der Waals surface area contributed by atoms with E-state index >= 15 is 0 Å². The van der Waals surface area contributed by atoms with Gasteiger partial charge in [0.2, 0.25) is 5.88 Å². The van der Waals surface area contributed by atoms with Gasteiger partial charge in [0, 0.05) is 30.9 Å². The third kappa shape index (κ3) is 4.91. The summed E-state index contributed by atoms with van der Waals surface area (Å²) in [5.74, 6) is -0.107. The second-order valence-electron chi connectivity index (χ2n) is 10.5. The van der Waals surface area contributed by atoms with E-state index in [9.17, 15) is 18.0 Å². The fraction of sp³-hybridized carbons (Fsp3) is 0.367. The molecule has 1 atom stereocenters. The van der Waals surface area contributed by atoms with Crippen LogP contribution in [-0.2, 0) is 25.1 Å². The average molecular weight is 609 g/mol. The molecule has 1 saturated carbocycles. The van der Waals surface area contributed by atoms with Gasteiger partial charge in [0.15, 0.2) is 5.54 Å². The molecule has 43 heavy (non-hydrogen) atoms. The number of rotatable bonds is 10. The highest BCUT2D eigenvalue weighted by molar-refractivity contribution is 7.93. The number of alkyl carbamates (subject to hydrolysis) is 1. The summed E-state index contributed by atoms with van der Waals surface area (Å²) in [6.07, 6.45) is 2.51. The molecule has 12 nitrogen and oxygen atoms in total. The number of methoxy groups -OCH3 is 2. The molecule has 2 aliphatic heterocycles. The van der Waals surface area contributed by atoms with Crippen molar-refractivity contribution in [1.29, 1.82) is 0 Å². The number of hydrogen-bond acceptors (Lipinski definition) is 10. The number of nitrogens with one attached hydrogen (secondary N) is 1. The Labute approximate surface area is 249 Å². The number of carbonyl (C=O) groups is 2. The fourth-order valence-corrected chi connectivity index (χ4v) is 7.04. The highest BCUT2D eigenvalue weighted by atomic mass is 32.2. The fourth-order valence-electron chi connectivity index (χ4n) is 5.58. The van der Waals surface area contributed by atoms with Crippen molar-refractivity contribution < 1.29 is 37.0 Å². The second kappa shape index (κ2) is 11.0. The molecule has 1 unspecified atom stereocenters. The van der Waals surface area contributed by atoms with E-state index in [-0.39, 0.29) is 40.3 Å². The summed E-state index contributed by atoms with van der Waals surface area (Å²) >= 11 is 0. The van der Waals surface area contributed by atoms with Gasteiger partial charge < -0.3 is 18.9 Å². The number of fused-ring (bicyclic) bond motifs is 1. The van der Waals surface area contributed by atoms with Gasteiger partial charge in [-0.2, -0.15) is 4.31 Å². The number of aromatic nitrogens is 1. The standard InChI is InChI=1S/C30H32N4O8S/c1-4-41-27-24(6-5-15-31-27)30(32-29(36)42-22-17-33(18-22)19-7-8-19)25-16-21(40-3)11-14-26(25)34(28(30)35)43(37,38)23-12-9-20(39-2)10-13-23/h5-6,9-16,19,22H,4,7-8,17-18H2,1-3H3,(H,32,36). The highest BCUT2D eigenvalue weighted by Gasteiger charge is 2.59. The minimum Gasteiger partial charge on any atom is -0.497 e. The van der Waals surface area contributed by atoms with Gasteiger partial charge in [-0.05, 0) is 74.4 Å². The predicted molar refractivity (Wildman–Crippen MR) is 155 cm³/mol. The number of anilines is 1. The molecule has 2 aromatic carbocycles. The molecule has 6 rings (SSSR count). The lowest BCUT2D eigenvalue weighted by molar-refractivity contribution is -0.121. The molecule has 2 amide bonds. The van der Waals surface area contributed by atoms with Gasteiger partial charge in [-0.3, -0.25) is 15.0 Å². The number of hydrogen-bond donors (Lipinski definition) is 1. The van der Waals surface area contributed by atoms with E-state index in [1.165, 1.54) is 56.8 Å². The van der Waals surface area contributed by atoms with Crippen LogP contribution in [0.2, 0.25) is 0 Å². The average Bonchev–Trinajstić information content (AvgIpc) is 3.80.